The molecule has 0 spiro atoms. The molecule has 0 radical (unpaired) electrons. The summed E-state index contributed by atoms with van der Waals surface area (Å²) < 4.78 is 4.02. The highest BCUT2D eigenvalue weighted by molar-refractivity contribution is 6.33. The molecule has 4 rings (SSSR count). The van der Waals surface area contributed by atoms with Gasteiger partial charge in [-0.2, -0.15) is 5.10 Å². The lowest BCUT2D eigenvalue weighted by molar-refractivity contribution is -0.116. The van der Waals surface area contributed by atoms with Gasteiger partial charge in [0.25, 0.3) is 5.56 Å². The highest BCUT2D eigenvalue weighted by Crippen LogP contribution is 2.20. The van der Waals surface area contributed by atoms with Crippen molar-refractivity contribution in [3.8, 4) is 0 Å². The maximum atomic E-state index is 13.4. The number of benzene rings is 2. The molecular formula is C23H22ClN5O3. The Bertz CT molecular complexity index is 1420. The van der Waals surface area contributed by atoms with Gasteiger partial charge in [0, 0.05) is 6.54 Å². The molecule has 9 heteroatoms. The third-order valence-electron chi connectivity index (χ3n) is 5.21. The van der Waals surface area contributed by atoms with Gasteiger partial charge >= 0.3 is 5.69 Å². The highest BCUT2D eigenvalue weighted by Gasteiger charge is 2.22. The topological polar surface area (TPSA) is 90.9 Å². The number of aromatic nitrogens is 4. The lowest BCUT2D eigenvalue weighted by Crippen LogP contribution is -2.42. The summed E-state index contributed by atoms with van der Waals surface area (Å²) in [6, 6.07) is 16.1. The van der Waals surface area contributed by atoms with Gasteiger partial charge in [-0.05, 0) is 31.5 Å². The number of carbonyl (C=O) groups is 1. The average Bonchev–Trinajstić information content (AvgIpc) is 3.13. The SMILES string of the molecule is CCn1nc(C)c2c1c(=O)n(Cc1ccccc1)c(=O)n2CC(=O)Nc1ccccc1Cl. The number of halogens is 1. The van der Waals surface area contributed by atoms with E-state index in [0.717, 1.165) is 10.1 Å². The zero-order chi connectivity index (χ0) is 22.8. The Balaban J connectivity index is 1.84. The third-order valence-corrected chi connectivity index (χ3v) is 5.54. The predicted molar refractivity (Wildman–Crippen MR) is 124 cm³/mol. The van der Waals surface area contributed by atoms with Crippen LogP contribution in [0.2, 0.25) is 5.02 Å². The lowest BCUT2D eigenvalue weighted by atomic mass is 10.2. The predicted octanol–water partition coefficient (Wildman–Crippen LogP) is 3.03. The first-order chi connectivity index (χ1) is 15.4. The van der Waals surface area contributed by atoms with Gasteiger partial charge in [0.15, 0.2) is 5.52 Å². The Morgan fingerprint density at radius 1 is 1.00 bits per heavy atom. The van der Waals surface area contributed by atoms with E-state index in [-0.39, 0.29) is 13.1 Å². The van der Waals surface area contributed by atoms with Crippen molar-refractivity contribution in [1.29, 1.82) is 0 Å². The lowest BCUT2D eigenvalue weighted by Gasteiger charge is -2.14. The van der Waals surface area contributed by atoms with Crippen LogP contribution in [0, 0.1) is 6.92 Å². The minimum Gasteiger partial charge on any atom is -0.323 e. The number of amides is 1. The molecule has 0 aliphatic carbocycles. The standard InChI is InChI=1S/C23H22ClN5O3/c1-3-29-21-20(15(2)26-29)27(14-19(30)25-18-12-8-7-11-17(18)24)23(32)28(22(21)31)13-16-9-5-4-6-10-16/h4-12H,3,13-14H2,1-2H3,(H,25,30). The summed E-state index contributed by atoms with van der Waals surface area (Å²) in [6.45, 7) is 3.85. The van der Waals surface area contributed by atoms with Crippen LogP contribution >= 0.6 is 11.6 Å². The van der Waals surface area contributed by atoms with E-state index in [0.29, 0.717) is 34.0 Å². The summed E-state index contributed by atoms with van der Waals surface area (Å²) in [4.78, 5) is 39.5. The Hall–Kier alpha value is -3.65. The van der Waals surface area contributed by atoms with E-state index in [1.54, 1.807) is 35.9 Å². The van der Waals surface area contributed by atoms with Crippen LogP contribution in [-0.2, 0) is 24.4 Å². The molecule has 1 amide bonds. The number of hydrogen-bond acceptors (Lipinski definition) is 4. The first kappa shape index (κ1) is 21.6. The molecule has 0 atom stereocenters. The van der Waals surface area contributed by atoms with Crippen molar-refractivity contribution >= 4 is 34.2 Å². The first-order valence-electron chi connectivity index (χ1n) is 10.2. The fraction of sp³-hybridized carbons (Fsp3) is 0.217. The zero-order valence-corrected chi connectivity index (χ0v) is 18.5. The van der Waals surface area contributed by atoms with E-state index in [1.807, 2.05) is 37.3 Å². The van der Waals surface area contributed by atoms with Crippen LogP contribution in [0.25, 0.3) is 11.0 Å². The van der Waals surface area contributed by atoms with E-state index >= 15 is 0 Å². The van der Waals surface area contributed by atoms with Crippen LogP contribution in [-0.4, -0.2) is 24.8 Å². The van der Waals surface area contributed by atoms with Gasteiger partial charge in [0.05, 0.1) is 22.9 Å². The summed E-state index contributed by atoms with van der Waals surface area (Å²) in [5.41, 5.74) is 1.41. The van der Waals surface area contributed by atoms with Crippen LogP contribution < -0.4 is 16.6 Å². The molecule has 0 saturated carbocycles. The number of aryl methyl sites for hydroxylation is 2. The molecule has 164 valence electrons. The summed E-state index contributed by atoms with van der Waals surface area (Å²) >= 11 is 6.14. The molecule has 2 aromatic carbocycles. The van der Waals surface area contributed by atoms with Crippen LogP contribution in [0.3, 0.4) is 0 Å². The van der Waals surface area contributed by atoms with E-state index in [9.17, 15) is 14.4 Å². The van der Waals surface area contributed by atoms with Crippen LogP contribution in [0.5, 0.6) is 0 Å². The number of carbonyl (C=O) groups excluding carboxylic acids is 1. The Kier molecular flexibility index (Phi) is 5.96. The molecule has 2 heterocycles. The van der Waals surface area contributed by atoms with Crippen molar-refractivity contribution in [2.45, 2.75) is 33.5 Å². The molecule has 32 heavy (non-hydrogen) atoms. The maximum absolute atomic E-state index is 13.4. The molecular weight excluding hydrogens is 430 g/mol. The summed E-state index contributed by atoms with van der Waals surface area (Å²) in [5, 5.41) is 7.54. The fourth-order valence-electron chi connectivity index (χ4n) is 3.74. The second kappa shape index (κ2) is 8.84. The van der Waals surface area contributed by atoms with Gasteiger partial charge in [0.1, 0.15) is 12.1 Å². The Labute approximate surface area is 188 Å². The van der Waals surface area contributed by atoms with Crippen molar-refractivity contribution in [2.24, 2.45) is 0 Å². The number of anilines is 1. The number of rotatable bonds is 6. The monoisotopic (exact) mass is 451 g/mol. The quantitative estimate of drug-likeness (QED) is 0.488. The molecule has 2 aromatic heterocycles. The first-order valence-corrected chi connectivity index (χ1v) is 10.6. The largest absolute Gasteiger partial charge is 0.332 e. The van der Waals surface area contributed by atoms with Crippen molar-refractivity contribution in [3.63, 3.8) is 0 Å². The van der Waals surface area contributed by atoms with Gasteiger partial charge < -0.3 is 5.32 Å². The molecule has 0 aliphatic heterocycles. The molecule has 0 saturated heterocycles. The zero-order valence-electron chi connectivity index (χ0n) is 17.7. The maximum Gasteiger partial charge on any atom is 0.332 e. The average molecular weight is 452 g/mol. The molecule has 1 N–H and O–H groups in total. The van der Waals surface area contributed by atoms with Gasteiger partial charge in [-0.3, -0.25) is 23.4 Å². The molecule has 0 unspecified atom stereocenters. The molecule has 4 aromatic rings. The third kappa shape index (κ3) is 3.97. The number of nitrogens with zero attached hydrogens (tertiary/aromatic N) is 4. The van der Waals surface area contributed by atoms with Crippen molar-refractivity contribution in [1.82, 2.24) is 18.9 Å². The van der Waals surface area contributed by atoms with E-state index in [2.05, 4.69) is 10.4 Å². The summed E-state index contributed by atoms with van der Waals surface area (Å²) in [6.07, 6.45) is 0. The second-order valence-electron chi connectivity index (χ2n) is 7.37. The summed E-state index contributed by atoms with van der Waals surface area (Å²) in [5.74, 6) is -0.435. The number of hydrogen-bond donors (Lipinski definition) is 1. The van der Waals surface area contributed by atoms with Crippen molar-refractivity contribution < 1.29 is 4.79 Å². The normalized spacial score (nSPS) is 11.1. The molecule has 8 nitrogen and oxygen atoms in total. The smallest absolute Gasteiger partial charge is 0.323 e. The van der Waals surface area contributed by atoms with Crippen molar-refractivity contribution in [3.05, 3.63) is 91.7 Å². The van der Waals surface area contributed by atoms with Gasteiger partial charge in [-0.15, -0.1) is 0 Å². The van der Waals surface area contributed by atoms with Crippen molar-refractivity contribution in [2.75, 3.05) is 5.32 Å². The van der Waals surface area contributed by atoms with Crippen LogP contribution in [0.1, 0.15) is 18.2 Å². The molecule has 0 bridgehead atoms. The minimum atomic E-state index is -0.570. The Morgan fingerprint density at radius 2 is 1.69 bits per heavy atom. The Morgan fingerprint density at radius 3 is 2.38 bits per heavy atom. The van der Waals surface area contributed by atoms with Gasteiger partial charge in [-0.25, -0.2) is 4.79 Å². The van der Waals surface area contributed by atoms with E-state index < -0.39 is 17.2 Å². The number of nitrogens with one attached hydrogen (secondary N) is 1. The molecule has 0 aliphatic rings. The second-order valence-corrected chi connectivity index (χ2v) is 7.78. The van der Waals surface area contributed by atoms with Crippen LogP contribution in [0.4, 0.5) is 5.69 Å². The summed E-state index contributed by atoms with van der Waals surface area (Å²) in [7, 11) is 0. The number of fused-ring (bicyclic) bond motifs is 1. The molecule has 0 fully saturated rings. The minimum absolute atomic E-state index is 0.0918. The fourth-order valence-corrected chi connectivity index (χ4v) is 3.92. The highest BCUT2D eigenvalue weighted by atomic mass is 35.5. The van der Waals surface area contributed by atoms with Gasteiger partial charge in [0.2, 0.25) is 5.91 Å². The number of para-hydroxylation sites is 1. The van der Waals surface area contributed by atoms with E-state index in [1.165, 1.54) is 4.57 Å². The van der Waals surface area contributed by atoms with E-state index in [4.69, 9.17) is 11.6 Å². The van der Waals surface area contributed by atoms with Crippen LogP contribution in [0.15, 0.2) is 64.2 Å². The van der Waals surface area contributed by atoms with Gasteiger partial charge in [-0.1, -0.05) is 54.1 Å².